The number of allylic oxidation sites excluding steroid dienone is 1. The van der Waals surface area contributed by atoms with E-state index in [2.05, 4.69) is 77.8 Å². The quantitative estimate of drug-likeness (QED) is 0.651. The molecule has 0 aliphatic heterocycles. The number of hydrogen-bond donors (Lipinski definition) is 2. The van der Waals surface area contributed by atoms with Crippen LogP contribution in [0, 0.1) is 29.6 Å². The van der Waals surface area contributed by atoms with Crippen LogP contribution in [0.5, 0.6) is 0 Å². The molecule has 2 N–H and O–H groups in total. The molecule has 0 radical (unpaired) electrons. The highest BCUT2D eigenvalue weighted by Crippen LogP contribution is 2.23. The average Bonchev–Trinajstić information content (AvgIpc) is 2.72. The normalized spacial score (nSPS) is 12.2. The smallest absolute Gasteiger partial charge is 0.221 e. The molecule has 0 spiro atoms. The number of carbonyl (C=O) groups is 1. The van der Waals surface area contributed by atoms with E-state index in [0.717, 1.165) is 6.54 Å². The van der Waals surface area contributed by atoms with E-state index >= 15 is 0 Å². The lowest BCUT2D eigenvalue weighted by Crippen LogP contribution is -2.33. The molecule has 150 valence electrons. The summed E-state index contributed by atoms with van der Waals surface area (Å²) in [7, 11) is 0. The van der Waals surface area contributed by atoms with Crippen LogP contribution in [-0.4, -0.2) is 19.0 Å². The van der Waals surface area contributed by atoms with Crippen LogP contribution in [-0.2, 0) is 4.79 Å². The number of amides is 1. The number of benzene rings is 2. The van der Waals surface area contributed by atoms with E-state index in [1.54, 1.807) is 0 Å². The van der Waals surface area contributed by atoms with E-state index in [-0.39, 0.29) is 17.4 Å². The lowest BCUT2D eigenvalue weighted by molar-refractivity contribution is -0.121. The van der Waals surface area contributed by atoms with Crippen molar-refractivity contribution < 1.29 is 4.79 Å². The van der Waals surface area contributed by atoms with Crippen molar-refractivity contribution in [3.63, 3.8) is 0 Å². The van der Waals surface area contributed by atoms with Gasteiger partial charge in [-0.25, -0.2) is 0 Å². The van der Waals surface area contributed by atoms with E-state index in [4.69, 9.17) is 6.42 Å². The van der Waals surface area contributed by atoms with E-state index in [9.17, 15) is 4.79 Å². The molecule has 0 aliphatic rings. The van der Waals surface area contributed by atoms with Crippen LogP contribution in [0.15, 0.2) is 54.6 Å². The van der Waals surface area contributed by atoms with Gasteiger partial charge in [-0.15, -0.1) is 12.3 Å². The molecule has 1 amide bonds. The summed E-state index contributed by atoms with van der Waals surface area (Å²) in [5.41, 5.74) is 1.00. The van der Waals surface area contributed by atoms with E-state index in [1.165, 1.54) is 16.3 Å². The van der Waals surface area contributed by atoms with Crippen LogP contribution >= 0.6 is 0 Å². The first-order chi connectivity index (χ1) is 13.9. The lowest BCUT2D eigenvalue weighted by Gasteiger charge is -2.17. The number of carbonyl (C=O) groups excluding carboxylic acids is 1. The van der Waals surface area contributed by atoms with Gasteiger partial charge in [0.15, 0.2) is 0 Å². The number of hydrogen-bond acceptors (Lipinski definition) is 2. The summed E-state index contributed by atoms with van der Waals surface area (Å²) in [5, 5.41) is 8.94. The molecular formula is C26H30N2O. The van der Waals surface area contributed by atoms with Gasteiger partial charge in [0, 0.05) is 37.4 Å². The first kappa shape index (κ1) is 22.3. The van der Waals surface area contributed by atoms with Crippen molar-refractivity contribution in [2.45, 2.75) is 39.7 Å². The first-order valence-corrected chi connectivity index (χ1v) is 10.0. The summed E-state index contributed by atoms with van der Waals surface area (Å²) in [6.07, 6.45) is 9.89. The van der Waals surface area contributed by atoms with E-state index < -0.39 is 0 Å². The minimum Gasteiger partial charge on any atom is -0.355 e. The highest BCUT2D eigenvalue weighted by atomic mass is 16.1. The van der Waals surface area contributed by atoms with Crippen LogP contribution in [0.4, 0.5) is 0 Å². The van der Waals surface area contributed by atoms with Gasteiger partial charge < -0.3 is 10.6 Å². The average molecular weight is 387 g/mol. The number of fused-ring (bicyclic) bond motifs is 1. The summed E-state index contributed by atoms with van der Waals surface area (Å²) >= 11 is 0. The van der Waals surface area contributed by atoms with Crippen molar-refractivity contribution in [1.29, 1.82) is 0 Å². The molecule has 0 aliphatic carbocycles. The van der Waals surface area contributed by atoms with Crippen molar-refractivity contribution in [3.05, 3.63) is 60.2 Å². The third-order valence-corrected chi connectivity index (χ3v) is 4.67. The van der Waals surface area contributed by atoms with Crippen molar-refractivity contribution in [2.75, 3.05) is 13.1 Å². The predicted molar refractivity (Wildman–Crippen MR) is 122 cm³/mol. The number of terminal acetylenes is 1. The lowest BCUT2D eigenvalue weighted by atomic mass is 9.94. The van der Waals surface area contributed by atoms with Crippen LogP contribution in [0.25, 0.3) is 10.8 Å². The van der Waals surface area contributed by atoms with Gasteiger partial charge >= 0.3 is 0 Å². The van der Waals surface area contributed by atoms with Crippen LogP contribution in [0.1, 0.15) is 45.2 Å². The second-order valence-corrected chi connectivity index (χ2v) is 7.73. The van der Waals surface area contributed by atoms with Crippen molar-refractivity contribution in [2.24, 2.45) is 5.41 Å². The highest BCUT2D eigenvalue weighted by molar-refractivity contribution is 5.86. The summed E-state index contributed by atoms with van der Waals surface area (Å²) in [6, 6.07) is 15.1. The minimum atomic E-state index is -0.292. The highest BCUT2D eigenvalue weighted by Gasteiger charge is 2.15. The molecule has 0 aromatic heterocycles. The third-order valence-electron chi connectivity index (χ3n) is 4.67. The Morgan fingerprint density at radius 3 is 2.76 bits per heavy atom. The molecule has 0 saturated heterocycles. The molecule has 3 heteroatoms. The summed E-state index contributed by atoms with van der Waals surface area (Å²) in [4.78, 5) is 11.6. The fraction of sp³-hybridized carbons (Fsp3) is 0.346. The van der Waals surface area contributed by atoms with Crippen molar-refractivity contribution in [3.8, 4) is 24.2 Å². The van der Waals surface area contributed by atoms with Gasteiger partial charge in [-0.3, -0.25) is 4.79 Å². The maximum absolute atomic E-state index is 11.6. The first-order valence-electron chi connectivity index (χ1n) is 10.0. The summed E-state index contributed by atoms with van der Waals surface area (Å²) < 4.78 is 0. The van der Waals surface area contributed by atoms with E-state index in [1.807, 2.05) is 26.0 Å². The summed E-state index contributed by atoms with van der Waals surface area (Å²) in [5.74, 6) is 8.72. The Morgan fingerprint density at radius 1 is 1.21 bits per heavy atom. The largest absolute Gasteiger partial charge is 0.355 e. The topological polar surface area (TPSA) is 41.1 Å². The summed E-state index contributed by atoms with van der Waals surface area (Å²) in [6.45, 7) is 7.44. The molecule has 3 nitrogen and oxygen atoms in total. The number of rotatable bonds is 8. The Morgan fingerprint density at radius 2 is 1.97 bits per heavy atom. The Labute approximate surface area is 175 Å². The van der Waals surface area contributed by atoms with Crippen LogP contribution in [0.2, 0.25) is 0 Å². The van der Waals surface area contributed by atoms with Crippen LogP contribution < -0.4 is 10.6 Å². The van der Waals surface area contributed by atoms with Gasteiger partial charge in [0.05, 0.1) is 0 Å². The fourth-order valence-corrected chi connectivity index (χ4v) is 2.98. The fourth-order valence-electron chi connectivity index (χ4n) is 2.98. The molecule has 2 aromatic rings. The Kier molecular flexibility index (Phi) is 8.53. The molecule has 2 rings (SSSR count). The van der Waals surface area contributed by atoms with Crippen LogP contribution in [0.3, 0.4) is 0 Å². The zero-order chi connectivity index (χ0) is 21.1. The maximum Gasteiger partial charge on any atom is 0.221 e. The zero-order valence-corrected chi connectivity index (χ0v) is 17.6. The van der Waals surface area contributed by atoms with Gasteiger partial charge in [0.2, 0.25) is 5.91 Å². The molecule has 0 unspecified atom stereocenters. The SMILES string of the molecule is C#CCCC(=O)NCC(C)(C)C#C/C=C/CN[C@H](C)c1cccc2ccccc12. The monoisotopic (exact) mass is 386 g/mol. The van der Waals surface area contributed by atoms with Gasteiger partial charge in [-0.2, -0.15) is 0 Å². The Hall–Kier alpha value is -3.01. The predicted octanol–water partition coefficient (Wildman–Crippen LogP) is 4.61. The molecule has 0 bridgehead atoms. The Bertz CT molecular complexity index is 949. The van der Waals surface area contributed by atoms with E-state index in [0.29, 0.717) is 19.4 Å². The van der Waals surface area contributed by atoms with Gasteiger partial charge in [-0.1, -0.05) is 60.4 Å². The molecular weight excluding hydrogens is 356 g/mol. The molecule has 0 fully saturated rings. The second kappa shape index (κ2) is 11.1. The molecule has 1 atom stereocenters. The van der Waals surface area contributed by atoms with Gasteiger partial charge in [-0.05, 0) is 43.2 Å². The third kappa shape index (κ3) is 7.49. The second-order valence-electron chi connectivity index (χ2n) is 7.73. The molecule has 0 heterocycles. The molecule has 2 aromatic carbocycles. The van der Waals surface area contributed by atoms with Gasteiger partial charge in [0.1, 0.15) is 0 Å². The maximum atomic E-state index is 11.6. The number of nitrogens with one attached hydrogen (secondary N) is 2. The van der Waals surface area contributed by atoms with Crippen molar-refractivity contribution in [1.82, 2.24) is 10.6 Å². The standard InChI is InChI=1S/C26H30N2O/c1-5-6-17-25(29)28-20-26(3,4)18-10-7-11-19-27-21(2)23-16-12-14-22-13-8-9-15-24(22)23/h1,7-9,11-16,21,27H,6,17,19-20H2,2-4H3,(H,28,29)/b11-7+/t21-/m1/s1. The molecule has 29 heavy (non-hydrogen) atoms. The zero-order valence-electron chi connectivity index (χ0n) is 17.6. The van der Waals surface area contributed by atoms with Crippen molar-refractivity contribution >= 4 is 16.7 Å². The van der Waals surface area contributed by atoms with Gasteiger partial charge in [0.25, 0.3) is 0 Å². The Balaban J connectivity index is 1.82. The molecule has 0 saturated carbocycles. The minimum absolute atomic E-state index is 0.0278.